The van der Waals surface area contributed by atoms with Crippen LogP contribution >= 0.6 is 23.1 Å². The summed E-state index contributed by atoms with van der Waals surface area (Å²) in [5.74, 6) is 2.40. The quantitative estimate of drug-likeness (QED) is 0.745. The molecule has 1 saturated heterocycles. The normalized spacial score (nSPS) is 26.5. The lowest BCUT2D eigenvalue weighted by atomic mass is 9.88. The first-order chi connectivity index (χ1) is 7.15. The Labute approximate surface area is 98.5 Å². The molecule has 1 aromatic rings. The molecule has 1 unspecified atom stereocenters. The number of carbonyl (C=O) groups is 1. The number of thioether (sulfide) groups is 1. The Bertz CT molecular complexity index is 367. The Kier molecular flexibility index (Phi) is 3.16. The molecule has 1 aliphatic rings. The van der Waals surface area contributed by atoms with Gasteiger partial charge in [-0.25, -0.2) is 4.98 Å². The molecule has 1 atom stereocenters. The lowest BCUT2D eigenvalue weighted by molar-refractivity contribution is 0.112. The third kappa shape index (κ3) is 2.11. The van der Waals surface area contributed by atoms with Gasteiger partial charge in [-0.1, -0.05) is 6.92 Å². The largest absolute Gasteiger partial charge is 0.297 e. The molecule has 15 heavy (non-hydrogen) atoms. The second kappa shape index (κ2) is 4.26. The van der Waals surface area contributed by atoms with Gasteiger partial charge < -0.3 is 0 Å². The fourth-order valence-corrected chi connectivity index (χ4v) is 4.25. The maximum atomic E-state index is 10.8. The summed E-state index contributed by atoms with van der Waals surface area (Å²) in [6, 6.07) is 0. The molecule has 2 heterocycles. The first-order valence-corrected chi connectivity index (χ1v) is 7.14. The van der Waals surface area contributed by atoms with Gasteiger partial charge in [0.25, 0.3) is 0 Å². The Morgan fingerprint density at radius 3 is 2.87 bits per heavy atom. The third-order valence-corrected chi connectivity index (χ3v) is 5.70. The molecular formula is C11H15NOS2. The first-order valence-electron chi connectivity index (χ1n) is 5.16. The van der Waals surface area contributed by atoms with Crippen LogP contribution in [0.4, 0.5) is 0 Å². The van der Waals surface area contributed by atoms with Gasteiger partial charge in [0.2, 0.25) is 0 Å². The van der Waals surface area contributed by atoms with Crippen LogP contribution in [-0.2, 0) is 5.41 Å². The highest BCUT2D eigenvalue weighted by molar-refractivity contribution is 7.99. The van der Waals surface area contributed by atoms with Gasteiger partial charge in [-0.2, -0.15) is 11.8 Å². The summed E-state index contributed by atoms with van der Waals surface area (Å²) >= 11 is 3.57. The molecule has 0 spiro atoms. The fourth-order valence-electron chi connectivity index (χ4n) is 1.88. The standard InChI is InChI=1S/C11H15NOS2/c1-8-9(6-13)15-10(12-8)11(2)4-3-5-14-7-11/h6H,3-5,7H2,1-2H3. The molecule has 0 aromatic carbocycles. The molecule has 1 fully saturated rings. The second-order valence-electron chi connectivity index (χ2n) is 4.30. The van der Waals surface area contributed by atoms with Gasteiger partial charge in [0.05, 0.1) is 10.6 Å². The monoisotopic (exact) mass is 241 g/mol. The van der Waals surface area contributed by atoms with Crippen LogP contribution in [0.2, 0.25) is 0 Å². The number of carbonyl (C=O) groups excluding carboxylic acids is 1. The van der Waals surface area contributed by atoms with E-state index in [0.29, 0.717) is 0 Å². The van der Waals surface area contributed by atoms with Crippen molar-refractivity contribution in [2.24, 2.45) is 0 Å². The van der Waals surface area contributed by atoms with E-state index >= 15 is 0 Å². The molecule has 0 amide bonds. The summed E-state index contributed by atoms with van der Waals surface area (Å²) in [5.41, 5.74) is 1.08. The third-order valence-electron chi connectivity index (χ3n) is 2.89. The summed E-state index contributed by atoms with van der Waals surface area (Å²) in [4.78, 5) is 16.1. The zero-order valence-electron chi connectivity index (χ0n) is 9.08. The maximum Gasteiger partial charge on any atom is 0.161 e. The summed E-state index contributed by atoms with van der Waals surface area (Å²) < 4.78 is 0. The topological polar surface area (TPSA) is 30.0 Å². The van der Waals surface area contributed by atoms with E-state index in [2.05, 4.69) is 11.9 Å². The predicted molar refractivity (Wildman–Crippen MR) is 66.1 cm³/mol. The summed E-state index contributed by atoms with van der Waals surface area (Å²) in [6.45, 7) is 4.19. The van der Waals surface area contributed by atoms with Gasteiger partial charge in [0, 0.05) is 11.2 Å². The minimum atomic E-state index is 0.194. The Morgan fingerprint density at radius 2 is 2.33 bits per heavy atom. The molecule has 0 radical (unpaired) electrons. The van der Waals surface area contributed by atoms with E-state index in [9.17, 15) is 4.79 Å². The lowest BCUT2D eigenvalue weighted by Gasteiger charge is -2.30. The predicted octanol–water partition coefficient (Wildman–Crippen LogP) is 3.05. The van der Waals surface area contributed by atoms with Crippen molar-refractivity contribution < 1.29 is 4.79 Å². The zero-order chi connectivity index (χ0) is 10.9. The molecule has 4 heteroatoms. The summed E-state index contributed by atoms with van der Waals surface area (Å²) in [6.07, 6.45) is 3.39. The molecule has 2 rings (SSSR count). The van der Waals surface area contributed by atoms with Gasteiger partial charge in [-0.05, 0) is 25.5 Å². The Balaban J connectivity index is 2.30. The second-order valence-corrected chi connectivity index (χ2v) is 6.44. The fraction of sp³-hybridized carbons (Fsp3) is 0.636. The molecule has 1 aromatic heterocycles. The number of aldehydes is 1. The van der Waals surface area contributed by atoms with Crippen LogP contribution in [-0.4, -0.2) is 22.8 Å². The molecular weight excluding hydrogens is 226 g/mol. The highest BCUT2D eigenvalue weighted by Gasteiger charge is 2.32. The molecule has 1 aliphatic heterocycles. The van der Waals surface area contributed by atoms with Crippen LogP contribution in [0.15, 0.2) is 0 Å². The zero-order valence-corrected chi connectivity index (χ0v) is 10.7. The van der Waals surface area contributed by atoms with Crippen LogP contribution < -0.4 is 0 Å². The van der Waals surface area contributed by atoms with Crippen molar-refractivity contribution in [3.05, 3.63) is 15.6 Å². The van der Waals surface area contributed by atoms with Crippen LogP contribution in [0.25, 0.3) is 0 Å². The van der Waals surface area contributed by atoms with E-state index in [1.807, 2.05) is 18.7 Å². The Morgan fingerprint density at radius 1 is 1.53 bits per heavy atom. The highest BCUT2D eigenvalue weighted by atomic mass is 32.2. The summed E-state index contributed by atoms with van der Waals surface area (Å²) in [7, 11) is 0. The van der Waals surface area contributed by atoms with Crippen molar-refractivity contribution >= 4 is 29.4 Å². The smallest absolute Gasteiger partial charge is 0.161 e. The first kappa shape index (κ1) is 11.1. The van der Waals surface area contributed by atoms with Crippen molar-refractivity contribution in [3.8, 4) is 0 Å². The van der Waals surface area contributed by atoms with Gasteiger partial charge in [0.1, 0.15) is 5.01 Å². The molecule has 82 valence electrons. The number of aryl methyl sites for hydroxylation is 1. The SMILES string of the molecule is Cc1nc(C2(C)CCCSC2)sc1C=O. The minimum absolute atomic E-state index is 0.194. The van der Waals surface area contributed by atoms with E-state index in [-0.39, 0.29) is 5.41 Å². The van der Waals surface area contributed by atoms with Crippen molar-refractivity contribution in [2.45, 2.75) is 32.1 Å². The van der Waals surface area contributed by atoms with Crippen molar-refractivity contribution in [1.82, 2.24) is 4.98 Å². The number of rotatable bonds is 2. The van der Waals surface area contributed by atoms with Crippen LogP contribution in [0.3, 0.4) is 0 Å². The van der Waals surface area contributed by atoms with E-state index < -0.39 is 0 Å². The van der Waals surface area contributed by atoms with Crippen LogP contribution in [0.1, 0.15) is 40.1 Å². The number of hydrogen-bond acceptors (Lipinski definition) is 4. The number of nitrogens with zero attached hydrogens (tertiary/aromatic N) is 1. The van der Waals surface area contributed by atoms with Gasteiger partial charge in [-0.15, -0.1) is 11.3 Å². The van der Waals surface area contributed by atoms with Crippen molar-refractivity contribution in [3.63, 3.8) is 0 Å². The van der Waals surface area contributed by atoms with E-state index in [1.165, 1.54) is 18.6 Å². The average Bonchev–Trinajstić information content (AvgIpc) is 2.61. The van der Waals surface area contributed by atoms with Crippen LogP contribution in [0.5, 0.6) is 0 Å². The molecule has 0 bridgehead atoms. The molecule has 0 N–H and O–H groups in total. The van der Waals surface area contributed by atoms with Crippen molar-refractivity contribution in [1.29, 1.82) is 0 Å². The minimum Gasteiger partial charge on any atom is -0.297 e. The van der Waals surface area contributed by atoms with E-state index in [4.69, 9.17) is 0 Å². The molecule has 0 saturated carbocycles. The molecule has 2 nitrogen and oxygen atoms in total. The van der Waals surface area contributed by atoms with E-state index in [0.717, 1.165) is 27.6 Å². The van der Waals surface area contributed by atoms with E-state index in [1.54, 1.807) is 11.3 Å². The maximum absolute atomic E-state index is 10.8. The molecule has 0 aliphatic carbocycles. The number of hydrogen-bond donors (Lipinski definition) is 0. The number of thiazole rings is 1. The van der Waals surface area contributed by atoms with Gasteiger partial charge in [0.15, 0.2) is 6.29 Å². The number of aromatic nitrogens is 1. The van der Waals surface area contributed by atoms with Crippen molar-refractivity contribution in [2.75, 3.05) is 11.5 Å². The Hall–Kier alpha value is -0.350. The van der Waals surface area contributed by atoms with Crippen LogP contribution in [0, 0.1) is 6.92 Å². The lowest BCUT2D eigenvalue weighted by Crippen LogP contribution is -2.28. The van der Waals surface area contributed by atoms with Gasteiger partial charge in [-0.3, -0.25) is 4.79 Å². The highest BCUT2D eigenvalue weighted by Crippen LogP contribution is 2.39. The average molecular weight is 241 g/mol. The summed E-state index contributed by atoms with van der Waals surface area (Å²) in [5, 5.41) is 1.15. The van der Waals surface area contributed by atoms with Gasteiger partial charge >= 0.3 is 0 Å².